The van der Waals surface area contributed by atoms with E-state index < -0.39 is 14.1 Å². The van der Waals surface area contributed by atoms with Crippen molar-refractivity contribution in [2.45, 2.75) is 57.6 Å². The fourth-order valence-corrected chi connectivity index (χ4v) is 2.68. The maximum Gasteiger partial charge on any atom is 0.409 e. The highest BCUT2D eigenvalue weighted by Gasteiger charge is 2.27. The van der Waals surface area contributed by atoms with Gasteiger partial charge in [-0.3, -0.25) is 4.79 Å². The van der Waals surface area contributed by atoms with Crippen molar-refractivity contribution in [1.29, 1.82) is 0 Å². The smallest absolute Gasteiger partial charge is 0.409 e. The summed E-state index contributed by atoms with van der Waals surface area (Å²) in [4.78, 5) is 25.0. The molecule has 21 heavy (non-hydrogen) atoms. The van der Waals surface area contributed by atoms with E-state index >= 15 is 0 Å². The first kappa shape index (κ1) is 18.0. The van der Waals surface area contributed by atoms with Crippen LogP contribution in [0.5, 0.6) is 0 Å². The maximum absolute atomic E-state index is 11.9. The van der Waals surface area contributed by atoms with E-state index in [1.54, 1.807) is 11.8 Å². The Kier molecular flexibility index (Phi) is 6.67. The summed E-state index contributed by atoms with van der Waals surface area (Å²) < 4.78 is 10.6. The Hall–Kier alpha value is -1.08. The zero-order valence-corrected chi connectivity index (χ0v) is 14.6. The van der Waals surface area contributed by atoms with E-state index in [9.17, 15) is 9.59 Å². The van der Waals surface area contributed by atoms with E-state index in [-0.39, 0.29) is 18.2 Å². The quantitative estimate of drug-likeness (QED) is 0.618. The van der Waals surface area contributed by atoms with E-state index in [0.717, 1.165) is 6.04 Å². The van der Waals surface area contributed by atoms with Gasteiger partial charge in [-0.25, -0.2) is 4.79 Å². The number of piperidine rings is 1. The van der Waals surface area contributed by atoms with Gasteiger partial charge in [0.25, 0.3) is 0 Å². The van der Waals surface area contributed by atoms with Gasteiger partial charge in [-0.05, 0) is 13.0 Å². The van der Waals surface area contributed by atoms with Crippen LogP contribution >= 0.6 is 0 Å². The number of esters is 1. The van der Waals surface area contributed by atoms with Crippen molar-refractivity contribution >= 4 is 20.1 Å². The van der Waals surface area contributed by atoms with Gasteiger partial charge >= 0.3 is 12.1 Å². The molecule has 1 atom stereocenters. The average molecular weight is 316 g/mol. The summed E-state index contributed by atoms with van der Waals surface area (Å²) >= 11 is 0. The molecule has 0 aromatic carbocycles. The molecule has 0 aromatic rings. The van der Waals surface area contributed by atoms with E-state index in [1.807, 2.05) is 0 Å². The summed E-state index contributed by atoms with van der Waals surface area (Å²) in [5.74, 6) is -0.383. The zero-order chi connectivity index (χ0) is 16.0. The lowest BCUT2D eigenvalue weighted by atomic mass is 10.1. The van der Waals surface area contributed by atoms with E-state index in [1.165, 1.54) is 0 Å². The van der Waals surface area contributed by atoms with Crippen LogP contribution in [0, 0.1) is 0 Å². The molecule has 122 valence electrons. The molecule has 1 fully saturated rings. The largest absolute Gasteiger partial charge is 0.461 e. The molecule has 1 heterocycles. The number of nitrogens with zero attached hydrogens (tertiary/aromatic N) is 1. The van der Waals surface area contributed by atoms with Crippen LogP contribution in [0.15, 0.2) is 0 Å². The second-order valence-electron chi connectivity index (χ2n) is 6.84. The fourth-order valence-electron chi connectivity index (χ4n) is 1.96. The molecule has 0 aliphatic carbocycles. The highest BCUT2D eigenvalue weighted by Crippen LogP contribution is 2.16. The SMILES string of the molecule is CC(N)C(=O)OC1CCN(C(=O)OCC[Si](C)(C)C)CC1. The summed E-state index contributed by atoms with van der Waals surface area (Å²) in [6.45, 7) is 9.96. The molecule has 2 N–H and O–H groups in total. The van der Waals surface area contributed by atoms with Gasteiger partial charge in [0.05, 0.1) is 6.61 Å². The molecule has 1 unspecified atom stereocenters. The molecule has 1 amide bonds. The van der Waals surface area contributed by atoms with E-state index in [2.05, 4.69) is 19.6 Å². The Morgan fingerprint density at radius 2 is 1.86 bits per heavy atom. The molecular formula is C14H28N2O4Si. The molecule has 1 rings (SSSR count). The maximum atomic E-state index is 11.9. The summed E-state index contributed by atoms with van der Waals surface area (Å²) in [7, 11) is -1.18. The summed E-state index contributed by atoms with van der Waals surface area (Å²) in [5.41, 5.74) is 5.46. The number of rotatable bonds is 5. The van der Waals surface area contributed by atoms with Crippen molar-refractivity contribution in [2.24, 2.45) is 5.73 Å². The predicted molar refractivity (Wildman–Crippen MR) is 83.8 cm³/mol. The minimum atomic E-state index is -1.18. The molecule has 0 radical (unpaired) electrons. The molecule has 1 aliphatic rings. The molecule has 7 heteroatoms. The van der Waals surface area contributed by atoms with Crippen molar-refractivity contribution in [1.82, 2.24) is 4.90 Å². The Morgan fingerprint density at radius 1 is 1.29 bits per heavy atom. The van der Waals surface area contributed by atoms with E-state index in [0.29, 0.717) is 32.5 Å². The third-order valence-electron chi connectivity index (χ3n) is 3.43. The molecule has 1 aliphatic heterocycles. The van der Waals surface area contributed by atoms with Crippen LogP contribution in [0.3, 0.4) is 0 Å². The number of carbonyl (C=O) groups excluding carboxylic acids is 2. The Morgan fingerprint density at radius 3 is 2.33 bits per heavy atom. The van der Waals surface area contributed by atoms with Crippen molar-refractivity contribution in [3.05, 3.63) is 0 Å². The van der Waals surface area contributed by atoms with E-state index in [4.69, 9.17) is 15.2 Å². The van der Waals surface area contributed by atoms with Crippen molar-refractivity contribution in [3.8, 4) is 0 Å². The number of hydrogen-bond donors (Lipinski definition) is 1. The van der Waals surface area contributed by atoms with Gasteiger partial charge in [0.15, 0.2) is 0 Å². The molecule has 1 saturated heterocycles. The van der Waals surface area contributed by atoms with Gasteiger partial charge < -0.3 is 20.1 Å². The molecule has 6 nitrogen and oxygen atoms in total. The van der Waals surface area contributed by atoms with Crippen LogP contribution in [0.2, 0.25) is 25.7 Å². The molecule has 0 saturated carbocycles. The molecular weight excluding hydrogens is 288 g/mol. The number of amides is 1. The second-order valence-corrected chi connectivity index (χ2v) is 12.5. The van der Waals surface area contributed by atoms with Gasteiger partial charge in [0, 0.05) is 34.0 Å². The molecule has 0 spiro atoms. The lowest BCUT2D eigenvalue weighted by Gasteiger charge is -2.31. The standard InChI is InChI=1S/C14H28N2O4Si/c1-11(15)13(17)20-12-5-7-16(8-6-12)14(18)19-9-10-21(2,3)4/h11-12H,5-10,15H2,1-4H3. The first-order valence-electron chi connectivity index (χ1n) is 7.57. The number of carbonyl (C=O) groups is 2. The minimum absolute atomic E-state index is 0.144. The highest BCUT2D eigenvalue weighted by molar-refractivity contribution is 6.76. The summed E-state index contributed by atoms with van der Waals surface area (Å²) in [5, 5.41) is 0. The summed E-state index contributed by atoms with van der Waals surface area (Å²) in [6, 6.07) is 0.371. The second kappa shape index (κ2) is 7.79. The number of ether oxygens (including phenoxy) is 2. The van der Waals surface area contributed by atoms with Gasteiger partial charge in [-0.2, -0.15) is 0 Å². The number of nitrogens with two attached hydrogens (primary N) is 1. The molecule has 0 aromatic heterocycles. The number of likely N-dealkylation sites (tertiary alicyclic amines) is 1. The number of hydrogen-bond acceptors (Lipinski definition) is 5. The fraction of sp³-hybridized carbons (Fsp3) is 0.857. The predicted octanol–water partition coefficient (Wildman–Crippen LogP) is 1.82. The van der Waals surface area contributed by atoms with Gasteiger partial charge in [-0.15, -0.1) is 0 Å². The lowest BCUT2D eigenvalue weighted by Crippen LogP contribution is -2.43. The van der Waals surface area contributed by atoms with Gasteiger partial charge in [-0.1, -0.05) is 19.6 Å². The van der Waals surface area contributed by atoms with Gasteiger partial charge in [0.1, 0.15) is 12.1 Å². The van der Waals surface area contributed by atoms with Crippen LogP contribution in [0.4, 0.5) is 4.79 Å². The third kappa shape index (κ3) is 6.95. The highest BCUT2D eigenvalue weighted by atomic mass is 28.3. The first-order valence-corrected chi connectivity index (χ1v) is 11.3. The third-order valence-corrected chi connectivity index (χ3v) is 5.14. The average Bonchev–Trinajstić information content (AvgIpc) is 2.37. The van der Waals surface area contributed by atoms with Crippen LogP contribution in [0.1, 0.15) is 19.8 Å². The van der Waals surface area contributed by atoms with Crippen molar-refractivity contribution in [3.63, 3.8) is 0 Å². The topological polar surface area (TPSA) is 81.9 Å². The van der Waals surface area contributed by atoms with Crippen LogP contribution < -0.4 is 5.73 Å². The van der Waals surface area contributed by atoms with Crippen LogP contribution in [-0.2, 0) is 14.3 Å². The normalized spacial score (nSPS) is 18.2. The van der Waals surface area contributed by atoms with Crippen molar-refractivity contribution in [2.75, 3.05) is 19.7 Å². The Bertz CT molecular complexity index is 360. The van der Waals surface area contributed by atoms with Crippen LogP contribution in [-0.4, -0.2) is 56.9 Å². The van der Waals surface area contributed by atoms with Crippen molar-refractivity contribution < 1.29 is 19.1 Å². The summed E-state index contributed by atoms with van der Waals surface area (Å²) in [6.07, 6.45) is 0.878. The monoisotopic (exact) mass is 316 g/mol. The van der Waals surface area contributed by atoms with Gasteiger partial charge in [0.2, 0.25) is 0 Å². The zero-order valence-electron chi connectivity index (χ0n) is 13.6. The molecule has 0 bridgehead atoms. The first-order chi connectivity index (χ1) is 9.69. The Labute approximate surface area is 128 Å². The Balaban J connectivity index is 2.26. The van der Waals surface area contributed by atoms with Crippen LogP contribution in [0.25, 0.3) is 0 Å². The lowest BCUT2D eigenvalue weighted by molar-refractivity contribution is -0.152. The minimum Gasteiger partial charge on any atom is -0.461 e.